The average molecular weight is 503 g/mol. The van der Waals surface area contributed by atoms with Gasteiger partial charge in [0, 0.05) is 11.3 Å². The van der Waals surface area contributed by atoms with E-state index >= 15 is 0 Å². The van der Waals surface area contributed by atoms with Crippen LogP contribution in [0.2, 0.25) is 0 Å². The van der Waals surface area contributed by atoms with E-state index in [-0.39, 0.29) is 22.9 Å². The third-order valence-corrected chi connectivity index (χ3v) is 5.60. The van der Waals surface area contributed by atoms with E-state index in [1.54, 1.807) is 55.6 Å². The maximum absolute atomic E-state index is 12.9. The maximum Gasteiger partial charge on any atom is 0.348 e. The maximum atomic E-state index is 12.9. The second-order valence-corrected chi connectivity index (χ2v) is 7.96. The van der Waals surface area contributed by atoms with E-state index in [0.29, 0.717) is 34.9 Å². The molecule has 0 aliphatic carbocycles. The van der Waals surface area contributed by atoms with E-state index in [9.17, 15) is 14.7 Å². The number of rotatable bonds is 10. The lowest BCUT2D eigenvalue weighted by Gasteiger charge is -2.20. The Kier molecular flexibility index (Phi) is 7.23. The lowest BCUT2D eigenvalue weighted by Crippen LogP contribution is -2.18. The van der Waals surface area contributed by atoms with Gasteiger partial charge in [-0.05, 0) is 61.0 Å². The van der Waals surface area contributed by atoms with Crippen LogP contribution in [0.3, 0.4) is 0 Å². The van der Waals surface area contributed by atoms with Crippen LogP contribution in [0.1, 0.15) is 40.3 Å². The molecule has 3 aromatic carbocycles. The number of para-hydroxylation sites is 1. The highest BCUT2D eigenvalue weighted by atomic mass is 16.5. The molecular formula is C26H26N6O5. The molecule has 4 rings (SSSR count). The van der Waals surface area contributed by atoms with Gasteiger partial charge in [0.15, 0.2) is 17.3 Å². The first-order chi connectivity index (χ1) is 17.8. The molecule has 0 fully saturated rings. The van der Waals surface area contributed by atoms with E-state index in [2.05, 4.69) is 15.4 Å². The van der Waals surface area contributed by atoms with Crippen molar-refractivity contribution in [1.29, 1.82) is 5.41 Å². The summed E-state index contributed by atoms with van der Waals surface area (Å²) in [6.45, 7) is 2.28. The van der Waals surface area contributed by atoms with Gasteiger partial charge in [-0.25, -0.2) is 9.59 Å². The first-order valence-corrected chi connectivity index (χ1v) is 11.4. The second-order valence-electron chi connectivity index (χ2n) is 7.96. The molecule has 11 heteroatoms. The predicted octanol–water partition coefficient (Wildman–Crippen LogP) is 3.15. The molecule has 0 bridgehead atoms. The van der Waals surface area contributed by atoms with Gasteiger partial charge in [-0.15, -0.1) is 5.10 Å². The molecule has 0 amide bonds. The van der Waals surface area contributed by atoms with E-state index in [1.807, 2.05) is 13.0 Å². The van der Waals surface area contributed by atoms with E-state index in [0.717, 1.165) is 4.68 Å². The number of H-pyrrole nitrogens is 1. The summed E-state index contributed by atoms with van der Waals surface area (Å²) in [5.41, 5.74) is 6.99. The molecule has 0 saturated heterocycles. The van der Waals surface area contributed by atoms with Crippen LogP contribution in [0.5, 0.6) is 11.5 Å². The molecule has 1 aromatic heterocycles. The molecule has 6 N–H and O–H groups in total. The average Bonchev–Trinajstić information content (AvgIpc) is 3.28. The van der Waals surface area contributed by atoms with Crippen LogP contribution in [0.25, 0.3) is 5.69 Å². The zero-order valence-electron chi connectivity index (χ0n) is 20.2. The van der Waals surface area contributed by atoms with E-state index in [1.165, 1.54) is 12.1 Å². The first-order valence-electron chi connectivity index (χ1n) is 11.4. The molecule has 37 heavy (non-hydrogen) atoms. The molecule has 0 spiro atoms. The van der Waals surface area contributed by atoms with Crippen LogP contribution in [0.15, 0.2) is 71.5 Å². The number of hydrogen-bond acceptors (Lipinski definition) is 7. The minimum absolute atomic E-state index is 0.0558. The summed E-state index contributed by atoms with van der Waals surface area (Å²) in [6, 6.07) is 17.7. The predicted molar refractivity (Wildman–Crippen MR) is 138 cm³/mol. The number of nitrogens with two attached hydrogens (primary N) is 1. The number of nitrogens with one attached hydrogen (secondary N) is 3. The number of hydrogen-bond donors (Lipinski definition) is 5. The highest BCUT2D eigenvalue weighted by Gasteiger charge is 2.23. The van der Waals surface area contributed by atoms with Gasteiger partial charge in [0.05, 0.1) is 25.0 Å². The van der Waals surface area contributed by atoms with Crippen LogP contribution in [0.4, 0.5) is 5.69 Å². The summed E-state index contributed by atoms with van der Waals surface area (Å²) in [6.07, 6.45) is 0. The lowest BCUT2D eigenvalue weighted by molar-refractivity contribution is 0.0696. The van der Waals surface area contributed by atoms with Crippen molar-refractivity contribution < 1.29 is 19.4 Å². The van der Waals surface area contributed by atoms with Crippen LogP contribution in [-0.4, -0.2) is 45.4 Å². The molecule has 4 aromatic rings. The van der Waals surface area contributed by atoms with Gasteiger partial charge in [0.25, 0.3) is 0 Å². The Morgan fingerprint density at radius 2 is 1.89 bits per heavy atom. The van der Waals surface area contributed by atoms with Crippen molar-refractivity contribution >= 4 is 17.5 Å². The van der Waals surface area contributed by atoms with Gasteiger partial charge in [-0.2, -0.15) is 4.68 Å². The monoisotopic (exact) mass is 502 g/mol. The van der Waals surface area contributed by atoms with Gasteiger partial charge in [-0.3, -0.25) is 10.4 Å². The molecule has 190 valence electrons. The Bertz CT molecular complexity index is 1490. The first kappa shape index (κ1) is 25.0. The van der Waals surface area contributed by atoms with E-state index < -0.39 is 17.7 Å². The highest BCUT2D eigenvalue weighted by molar-refractivity contribution is 5.95. The van der Waals surface area contributed by atoms with Crippen molar-refractivity contribution in [3.8, 4) is 17.2 Å². The number of carboxylic acids is 1. The quantitative estimate of drug-likeness (QED) is 0.163. The Labute approximate surface area is 212 Å². The Morgan fingerprint density at radius 3 is 2.54 bits per heavy atom. The smallest absolute Gasteiger partial charge is 0.348 e. The minimum Gasteiger partial charge on any atom is -0.493 e. The van der Waals surface area contributed by atoms with Crippen molar-refractivity contribution in [2.24, 2.45) is 5.73 Å². The largest absolute Gasteiger partial charge is 0.493 e. The number of ether oxygens (including phenoxy) is 2. The summed E-state index contributed by atoms with van der Waals surface area (Å²) >= 11 is 0. The van der Waals surface area contributed by atoms with Gasteiger partial charge in [0.2, 0.25) is 0 Å². The zero-order chi connectivity index (χ0) is 26.5. The van der Waals surface area contributed by atoms with Crippen molar-refractivity contribution in [3.63, 3.8) is 0 Å². The number of nitrogen functional groups attached to an aromatic ring is 1. The normalized spacial score (nSPS) is 11.5. The number of aromatic carboxylic acids is 1. The summed E-state index contributed by atoms with van der Waals surface area (Å²) < 4.78 is 12.2. The molecule has 11 nitrogen and oxygen atoms in total. The Morgan fingerprint density at radius 1 is 1.16 bits per heavy atom. The number of aromatic amines is 1. The number of carbonyl (C=O) groups is 1. The van der Waals surface area contributed by atoms with Crippen LogP contribution in [-0.2, 0) is 0 Å². The van der Waals surface area contributed by atoms with Crippen molar-refractivity contribution in [1.82, 2.24) is 14.8 Å². The number of anilines is 1. The highest BCUT2D eigenvalue weighted by Crippen LogP contribution is 2.33. The van der Waals surface area contributed by atoms with Gasteiger partial charge >= 0.3 is 11.7 Å². The standard InChI is InChI=1S/C26H26N6O5/c1-3-37-21-14-16(10-13-20(21)36-2)22(29-17-11-8-15(9-12-17)23(27)28)24-30-26(35)32(31-24)19-7-5-4-6-18(19)25(33)34/h4-14,22,29H,3H2,1-2H3,(H3,27,28)(H,33,34)(H,30,31,35)/t22-/m0/s1. The zero-order valence-corrected chi connectivity index (χ0v) is 20.2. The Hall–Kier alpha value is -5.06. The molecule has 1 heterocycles. The number of carboxylic acid groups (broad SMARTS) is 1. The van der Waals surface area contributed by atoms with Gasteiger partial charge in [-0.1, -0.05) is 18.2 Å². The molecule has 0 saturated carbocycles. The lowest BCUT2D eigenvalue weighted by atomic mass is 10.0. The van der Waals surface area contributed by atoms with Crippen LogP contribution >= 0.6 is 0 Å². The molecule has 0 radical (unpaired) electrons. The van der Waals surface area contributed by atoms with Gasteiger partial charge < -0.3 is 25.6 Å². The number of benzene rings is 3. The van der Waals surface area contributed by atoms with Crippen LogP contribution < -0.4 is 26.2 Å². The van der Waals surface area contributed by atoms with Crippen molar-refractivity contribution in [2.45, 2.75) is 13.0 Å². The number of nitrogens with zero attached hydrogens (tertiary/aromatic N) is 2. The topological polar surface area (TPSA) is 168 Å². The SMILES string of the molecule is CCOc1cc([C@H](Nc2ccc(C(=N)N)cc2)c2nn(-c3ccccc3C(=O)O)c(=O)[nH]2)ccc1OC. The minimum atomic E-state index is -1.18. The number of methoxy groups -OCH3 is 1. The third kappa shape index (κ3) is 5.30. The fourth-order valence-corrected chi connectivity index (χ4v) is 3.84. The number of amidine groups is 1. The van der Waals surface area contributed by atoms with Crippen molar-refractivity contribution in [2.75, 3.05) is 19.0 Å². The van der Waals surface area contributed by atoms with Crippen molar-refractivity contribution in [3.05, 3.63) is 99.7 Å². The summed E-state index contributed by atoms with van der Waals surface area (Å²) in [7, 11) is 1.54. The molecule has 0 aliphatic rings. The summed E-state index contributed by atoms with van der Waals surface area (Å²) in [5.74, 6) is 0.0702. The fraction of sp³-hybridized carbons (Fsp3) is 0.154. The molecule has 0 aliphatic heterocycles. The molecular weight excluding hydrogens is 476 g/mol. The fourth-order valence-electron chi connectivity index (χ4n) is 3.84. The second kappa shape index (κ2) is 10.7. The molecule has 0 unspecified atom stereocenters. The number of aromatic nitrogens is 3. The Balaban J connectivity index is 1.82. The van der Waals surface area contributed by atoms with Crippen LogP contribution in [0, 0.1) is 5.41 Å². The van der Waals surface area contributed by atoms with E-state index in [4.69, 9.17) is 20.6 Å². The third-order valence-electron chi connectivity index (χ3n) is 5.60. The molecule has 1 atom stereocenters. The summed E-state index contributed by atoms with van der Waals surface area (Å²) in [5, 5.41) is 25.0. The summed E-state index contributed by atoms with van der Waals surface area (Å²) in [4.78, 5) is 27.4. The van der Waals surface area contributed by atoms with Gasteiger partial charge in [0.1, 0.15) is 11.9 Å².